The molecule has 0 saturated carbocycles. The summed E-state index contributed by atoms with van der Waals surface area (Å²) in [5, 5.41) is 57.8. The lowest BCUT2D eigenvalue weighted by molar-refractivity contribution is -0.160. The van der Waals surface area contributed by atoms with Crippen LogP contribution in [0.15, 0.2) is 60.5 Å². The summed E-state index contributed by atoms with van der Waals surface area (Å²) in [6.07, 6.45) is 5.29. The molecule has 0 fully saturated rings. The number of nitrogens with one attached hydrogen (secondary N) is 1. The number of aryl methyl sites for hydroxylation is 1. The third-order valence-electron chi connectivity index (χ3n) is 11.1. The molecule has 0 saturated heterocycles. The summed E-state index contributed by atoms with van der Waals surface area (Å²) >= 11 is 0. The van der Waals surface area contributed by atoms with Crippen molar-refractivity contribution in [3.63, 3.8) is 0 Å². The Bertz CT molecular complexity index is 2310. The van der Waals surface area contributed by atoms with E-state index in [1.165, 1.54) is 32.3 Å². The Morgan fingerprint density at radius 2 is 1.68 bits per heavy atom. The van der Waals surface area contributed by atoms with Gasteiger partial charge in [0.2, 0.25) is 5.78 Å². The number of Topliss-reactive ketones (excluding diaryl/α,β-unsaturated/α-hetero) is 1. The average molecular weight is 788 g/mol. The van der Waals surface area contributed by atoms with Gasteiger partial charge in [0.15, 0.2) is 11.4 Å². The van der Waals surface area contributed by atoms with Crippen molar-refractivity contribution >= 4 is 50.8 Å². The topological polar surface area (TPSA) is 209 Å². The van der Waals surface area contributed by atoms with Gasteiger partial charge in [-0.3, -0.25) is 18.8 Å². The van der Waals surface area contributed by atoms with Crippen LogP contribution in [0.4, 0.5) is 5.69 Å². The van der Waals surface area contributed by atoms with E-state index in [9.17, 15) is 39.9 Å². The van der Waals surface area contributed by atoms with E-state index in [2.05, 4.69) is 5.32 Å². The largest absolute Gasteiger partial charge is 0.516 e. The predicted octanol–water partition coefficient (Wildman–Crippen LogP) is 6.44. The van der Waals surface area contributed by atoms with Crippen LogP contribution in [-0.2, 0) is 19.1 Å². The first-order valence-corrected chi connectivity index (χ1v) is 18.9. The van der Waals surface area contributed by atoms with Crippen LogP contribution in [0.3, 0.4) is 0 Å². The van der Waals surface area contributed by atoms with E-state index in [4.69, 9.17) is 19.2 Å². The molecule has 0 unspecified atom stereocenters. The van der Waals surface area contributed by atoms with Crippen LogP contribution in [0.25, 0.3) is 27.5 Å². The summed E-state index contributed by atoms with van der Waals surface area (Å²) in [4.78, 5) is 44.1. The van der Waals surface area contributed by atoms with Crippen molar-refractivity contribution in [1.82, 2.24) is 9.38 Å². The van der Waals surface area contributed by atoms with Crippen molar-refractivity contribution in [2.45, 2.75) is 92.3 Å². The Kier molecular flexibility index (Phi) is 12.4. The summed E-state index contributed by atoms with van der Waals surface area (Å²) < 4.78 is 18.6. The normalized spacial score (nSPS) is 18.7. The number of aliphatic hydroxyl groups excluding tert-OH is 3. The van der Waals surface area contributed by atoms with Crippen molar-refractivity contribution in [3.05, 3.63) is 71.7 Å². The zero-order valence-electron chi connectivity index (χ0n) is 33.9. The summed E-state index contributed by atoms with van der Waals surface area (Å²) in [5.74, 6) is -4.36. The molecule has 0 radical (unpaired) electrons. The second-order valence-corrected chi connectivity index (χ2v) is 15.6. The Labute approximate surface area is 331 Å². The van der Waals surface area contributed by atoms with Crippen LogP contribution in [0.2, 0.25) is 0 Å². The molecule has 8 atom stereocenters. The molecule has 14 heteroatoms. The van der Waals surface area contributed by atoms with E-state index in [1.54, 1.807) is 71.2 Å². The number of ketones is 1. The summed E-state index contributed by atoms with van der Waals surface area (Å²) in [7, 11) is 1.46. The number of imidazole rings is 1. The number of aromatic nitrogens is 2. The number of anilines is 1. The number of esters is 1. The standard InChI is InChI=1S/C43H53N3O11/c1-20-14-16-46-30(18-20)44-34-33-31(27(49)19-29-32(33)41(53)43(8,9)57-29)39(52)35(36(34)46)45-42(54)22(3)13-11-12-21(2)37(50)24(5)38(51)25(6)40(56-26(7)48)23(4)28(55-10)15-17-47/h11-19,21,23-25,28,37-38,40,47,49-52H,1-10H3,(H,45,54)/b12-11+,17-15+,22-13-/t21-,23+,24+,25+,28-,37-,38+,40+/m0/s1. The van der Waals surface area contributed by atoms with Crippen LogP contribution < -0.4 is 10.1 Å². The van der Waals surface area contributed by atoms with Crippen molar-refractivity contribution in [3.8, 4) is 17.2 Å². The number of pyridine rings is 1. The number of fused-ring (bicyclic) bond motifs is 7. The summed E-state index contributed by atoms with van der Waals surface area (Å²) in [5.41, 5.74) is 1.14. The quantitative estimate of drug-likeness (QED) is 0.0268. The molecule has 3 heterocycles. The highest BCUT2D eigenvalue weighted by Crippen LogP contribution is 2.51. The van der Waals surface area contributed by atoms with Gasteiger partial charge in [0, 0.05) is 60.9 Å². The maximum Gasteiger partial charge on any atom is 0.302 e. The van der Waals surface area contributed by atoms with E-state index < -0.39 is 71.3 Å². The number of methoxy groups -OCH3 is 1. The molecule has 1 amide bonds. The number of carbonyl (C=O) groups excluding carboxylic acids is 3. The zero-order chi connectivity index (χ0) is 42.3. The van der Waals surface area contributed by atoms with Crippen molar-refractivity contribution in [1.29, 1.82) is 0 Å². The molecule has 1 aliphatic rings. The van der Waals surface area contributed by atoms with Gasteiger partial charge in [-0.05, 0) is 51.5 Å². The van der Waals surface area contributed by atoms with Gasteiger partial charge >= 0.3 is 5.97 Å². The molecule has 2 aromatic heterocycles. The molecule has 0 spiro atoms. The number of aromatic hydroxyl groups is 2. The molecule has 0 aliphatic carbocycles. The zero-order valence-corrected chi connectivity index (χ0v) is 33.9. The molecular weight excluding hydrogens is 734 g/mol. The minimum absolute atomic E-state index is 0.0252. The molecular formula is C43H53N3O11. The van der Waals surface area contributed by atoms with E-state index in [-0.39, 0.29) is 50.4 Å². The number of hydrogen-bond acceptors (Lipinski definition) is 12. The maximum atomic E-state index is 13.7. The van der Waals surface area contributed by atoms with Gasteiger partial charge in [0.1, 0.15) is 40.0 Å². The lowest BCUT2D eigenvalue weighted by Gasteiger charge is -2.37. The maximum absolute atomic E-state index is 13.7. The lowest BCUT2D eigenvalue weighted by atomic mass is 9.78. The van der Waals surface area contributed by atoms with Crippen LogP contribution in [0.5, 0.6) is 17.2 Å². The SMILES string of the molecule is CO[C@@H](/C=C/O)[C@@H](C)[C@@H](OC(C)=O)[C@H](C)[C@H](O)[C@H](C)[C@@H](O)[C@@H](C)/C=C/C=C(/C)C(=O)Nc1c(O)c2c(O)cc3c(c2c2nc4cc(C)ccn4c12)C(=O)C(C)(C)O3. The number of aliphatic hydroxyl groups is 3. The Morgan fingerprint density at radius 1 is 1.00 bits per heavy atom. The highest BCUT2D eigenvalue weighted by molar-refractivity contribution is 6.28. The van der Waals surface area contributed by atoms with Gasteiger partial charge in [0.25, 0.3) is 5.91 Å². The van der Waals surface area contributed by atoms with Gasteiger partial charge in [-0.15, -0.1) is 0 Å². The van der Waals surface area contributed by atoms with Gasteiger partial charge in [-0.25, -0.2) is 4.98 Å². The Balaban J connectivity index is 1.41. The molecule has 0 bridgehead atoms. The van der Waals surface area contributed by atoms with E-state index >= 15 is 0 Å². The van der Waals surface area contributed by atoms with Crippen LogP contribution in [0, 0.1) is 30.6 Å². The smallest absolute Gasteiger partial charge is 0.302 e. The third kappa shape index (κ3) is 8.07. The fourth-order valence-corrected chi connectivity index (χ4v) is 7.72. The third-order valence-corrected chi connectivity index (χ3v) is 11.1. The monoisotopic (exact) mass is 787 g/mol. The van der Waals surface area contributed by atoms with Crippen LogP contribution >= 0.6 is 0 Å². The van der Waals surface area contributed by atoms with E-state index in [0.717, 1.165) is 11.8 Å². The highest BCUT2D eigenvalue weighted by Gasteiger charge is 2.43. The predicted molar refractivity (Wildman–Crippen MR) is 216 cm³/mol. The summed E-state index contributed by atoms with van der Waals surface area (Å²) in [6.45, 7) is 14.9. The Hall–Kier alpha value is -5.44. The number of benzene rings is 2. The molecule has 4 aromatic rings. The molecule has 6 N–H and O–H groups in total. The second kappa shape index (κ2) is 16.6. The van der Waals surface area contributed by atoms with E-state index in [0.29, 0.717) is 11.2 Å². The van der Waals surface area contributed by atoms with Crippen molar-refractivity contribution in [2.75, 3.05) is 12.4 Å². The molecule has 306 valence electrons. The fourth-order valence-electron chi connectivity index (χ4n) is 7.72. The number of rotatable bonds is 14. The average Bonchev–Trinajstić information content (AvgIpc) is 3.64. The van der Waals surface area contributed by atoms with Crippen LogP contribution in [0.1, 0.15) is 71.3 Å². The molecule has 57 heavy (non-hydrogen) atoms. The van der Waals surface area contributed by atoms with E-state index in [1.807, 2.05) is 19.1 Å². The molecule has 14 nitrogen and oxygen atoms in total. The van der Waals surface area contributed by atoms with Crippen molar-refractivity contribution < 1.29 is 54.1 Å². The number of phenolic OH excluding ortho intramolecular Hbond substituents is 2. The fraction of sp³-hybridized carbons (Fsp3) is 0.442. The number of phenols is 2. The van der Waals surface area contributed by atoms with Crippen LogP contribution in [-0.4, -0.2) is 89.7 Å². The molecule has 5 rings (SSSR count). The number of allylic oxidation sites excluding steroid dienone is 2. The summed E-state index contributed by atoms with van der Waals surface area (Å²) in [6, 6.07) is 4.93. The van der Waals surface area contributed by atoms with Gasteiger partial charge in [-0.2, -0.15) is 0 Å². The van der Waals surface area contributed by atoms with Gasteiger partial charge in [0.05, 0.1) is 35.5 Å². The number of ether oxygens (including phenoxy) is 3. The Morgan fingerprint density at radius 3 is 2.32 bits per heavy atom. The van der Waals surface area contributed by atoms with Gasteiger partial charge in [-0.1, -0.05) is 45.9 Å². The second-order valence-electron chi connectivity index (χ2n) is 15.6. The minimum atomic E-state index is -1.22. The highest BCUT2D eigenvalue weighted by atomic mass is 16.5. The van der Waals surface area contributed by atoms with Crippen molar-refractivity contribution in [2.24, 2.45) is 23.7 Å². The number of carbonyl (C=O) groups is 3. The lowest BCUT2D eigenvalue weighted by Crippen LogP contribution is -2.46. The first kappa shape index (κ1) is 42.7. The van der Waals surface area contributed by atoms with Gasteiger partial charge < -0.3 is 45.1 Å². The number of hydrogen-bond donors (Lipinski definition) is 6. The number of nitrogens with zero attached hydrogens (tertiary/aromatic N) is 2. The minimum Gasteiger partial charge on any atom is -0.516 e. The molecule has 2 aromatic carbocycles. The first-order chi connectivity index (χ1) is 26.7. The molecule has 1 aliphatic heterocycles. The first-order valence-electron chi connectivity index (χ1n) is 18.9. The number of amides is 1.